The number of carbonyl (C=O) groups excluding carboxylic acids is 1. The monoisotopic (exact) mass is 406 g/mol. The van der Waals surface area contributed by atoms with Crippen LogP contribution in [0.5, 0.6) is 5.75 Å². The molecule has 0 spiro atoms. The Morgan fingerprint density at radius 1 is 1.14 bits per heavy atom. The highest BCUT2D eigenvalue weighted by Gasteiger charge is 2.14. The summed E-state index contributed by atoms with van der Waals surface area (Å²) in [6.45, 7) is 4.43. The van der Waals surface area contributed by atoms with Gasteiger partial charge in [0.25, 0.3) is 5.91 Å². The van der Waals surface area contributed by atoms with Crippen LogP contribution in [0.15, 0.2) is 65.1 Å². The van der Waals surface area contributed by atoms with Crippen LogP contribution in [0.1, 0.15) is 22.8 Å². The Balaban J connectivity index is 1.62. The summed E-state index contributed by atoms with van der Waals surface area (Å²) in [5.41, 5.74) is 4.25. The highest BCUT2D eigenvalue weighted by atomic mass is 35.5. The standard InChI is InChI=1S/C23H19ClN2O3/c1-3-28-17-6-4-5-15(12-17)22(27)25-16-8-9-19(24)18(13-16)23-26-20-11-14(2)7-10-21(20)29-23/h4-13H,3H2,1-2H3,(H,25,27). The Bertz CT molecular complexity index is 1200. The minimum Gasteiger partial charge on any atom is -0.494 e. The second-order valence-corrected chi connectivity index (χ2v) is 7.01. The van der Waals surface area contributed by atoms with Gasteiger partial charge in [-0.05, 0) is 67.9 Å². The van der Waals surface area contributed by atoms with Crippen LogP contribution in [0.4, 0.5) is 5.69 Å². The predicted octanol–water partition coefficient (Wildman–Crippen LogP) is 6.11. The van der Waals surface area contributed by atoms with Gasteiger partial charge < -0.3 is 14.5 Å². The second kappa shape index (κ2) is 7.97. The van der Waals surface area contributed by atoms with Crippen LogP contribution in [-0.4, -0.2) is 17.5 Å². The molecule has 0 aliphatic rings. The number of ether oxygens (including phenoxy) is 1. The minimum atomic E-state index is -0.243. The lowest BCUT2D eigenvalue weighted by atomic mass is 10.1. The second-order valence-electron chi connectivity index (χ2n) is 6.60. The molecule has 1 aromatic heterocycles. The van der Waals surface area contributed by atoms with Gasteiger partial charge in [0.05, 0.1) is 17.2 Å². The third-order valence-electron chi connectivity index (χ3n) is 4.40. The number of fused-ring (bicyclic) bond motifs is 1. The molecule has 0 saturated carbocycles. The van der Waals surface area contributed by atoms with Gasteiger partial charge in [-0.3, -0.25) is 4.79 Å². The number of halogens is 1. The first kappa shape index (κ1) is 19.0. The van der Waals surface area contributed by atoms with E-state index >= 15 is 0 Å². The van der Waals surface area contributed by atoms with E-state index in [9.17, 15) is 4.79 Å². The zero-order chi connectivity index (χ0) is 20.4. The zero-order valence-electron chi connectivity index (χ0n) is 16.0. The summed E-state index contributed by atoms with van der Waals surface area (Å²) in [7, 11) is 0. The highest BCUT2D eigenvalue weighted by molar-refractivity contribution is 6.33. The van der Waals surface area contributed by atoms with Gasteiger partial charge in [-0.1, -0.05) is 23.7 Å². The Labute approximate surface area is 173 Å². The molecular weight excluding hydrogens is 388 g/mol. The molecule has 0 bridgehead atoms. The average Bonchev–Trinajstić information content (AvgIpc) is 3.13. The number of oxazole rings is 1. The summed E-state index contributed by atoms with van der Waals surface area (Å²) in [4.78, 5) is 17.2. The van der Waals surface area contributed by atoms with Crippen LogP contribution in [0, 0.1) is 6.92 Å². The summed E-state index contributed by atoms with van der Waals surface area (Å²) < 4.78 is 11.3. The molecule has 0 saturated heterocycles. The maximum absolute atomic E-state index is 12.6. The first-order valence-corrected chi connectivity index (χ1v) is 9.62. The number of carbonyl (C=O) groups is 1. The fraction of sp³-hybridized carbons (Fsp3) is 0.130. The number of rotatable bonds is 5. The van der Waals surface area contributed by atoms with Crippen molar-refractivity contribution in [3.63, 3.8) is 0 Å². The maximum atomic E-state index is 12.6. The quantitative estimate of drug-likeness (QED) is 0.434. The first-order valence-electron chi connectivity index (χ1n) is 9.25. The van der Waals surface area contributed by atoms with Crippen molar-refractivity contribution in [1.82, 2.24) is 4.98 Å². The van der Waals surface area contributed by atoms with Crippen molar-refractivity contribution < 1.29 is 13.9 Å². The van der Waals surface area contributed by atoms with E-state index in [1.54, 1.807) is 36.4 Å². The van der Waals surface area contributed by atoms with Crippen LogP contribution in [0.3, 0.4) is 0 Å². The third-order valence-corrected chi connectivity index (χ3v) is 4.73. The van der Waals surface area contributed by atoms with Gasteiger partial charge in [0.2, 0.25) is 5.89 Å². The molecule has 3 aromatic carbocycles. The van der Waals surface area contributed by atoms with E-state index in [-0.39, 0.29) is 5.91 Å². The molecule has 1 N–H and O–H groups in total. The van der Waals surface area contributed by atoms with Crippen molar-refractivity contribution in [1.29, 1.82) is 0 Å². The zero-order valence-corrected chi connectivity index (χ0v) is 16.8. The first-order chi connectivity index (χ1) is 14.0. The summed E-state index contributed by atoms with van der Waals surface area (Å²) in [5, 5.41) is 3.38. The number of amides is 1. The lowest BCUT2D eigenvalue weighted by Crippen LogP contribution is -2.12. The summed E-state index contributed by atoms with van der Waals surface area (Å²) in [5.74, 6) is 0.816. The van der Waals surface area contributed by atoms with Crippen molar-refractivity contribution >= 4 is 34.3 Å². The van der Waals surface area contributed by atoms with Crippen molar-refractivity contribution in [2.75, 3.05) is 11.9 Å². The Morgan fingerprint density at radius 2 is 2.00 bits per heavy atom. The topological polar surface area (TPSA) is 64.4 Å². The van der Waals surface area contributed by atoms with Crippen LogP contribution >= 0.6 is 11.6 Å². The summed E-state index contributed by atoms with van der Waals surface area (Å²) >= 11 is 6.37. The molecule has 0 radical (unpaired) electrons. The Morgan fingerprint density at radius 3 is 2.83 bits per heavy atom. The average molecular weight is 407 g/mol. The molecule has 0 fully saturated rings. The summed E-state index contributed by atoms with van der Waals surface area (Å²) in [6.07, 6.45) is 0. The van der Waals surface area contributed by atoms with E-state index < -0.39 is 0 Å². The van der Waals surface area contributed by atoms with Crippen molar-refractivity contribution in [2.45, 2.75) is 13.8 Å². The molecule has 1 amide bonds. The van der Waals surface area contributed by atoms with E-state index in [1.807, 2.05) is 38.1 Å². The predicted molar refractivity (Wildman–Crippen MR) is 115 cm³/mol. The smallest absolute Gasteiger partial charge is 0.255 e. The van der Waals surface area contributed by atoms with Crippen molar-refractivity contribution in [3.05, 3.63) is 76.8 Å². The number of hydrogen-bond donors (Lipinski definition) is 1. The molecule has 1 heterocycles. The molecule has 0 aliphatic heterocycles. The van der Waals surface area contributed by atoms with E-state index in [0.717, 1.165) is 11.1 Å². The van der Waals surface area contributed by atoms with E-state index in [1.165, 1.54) is 0 Å². The number of anilines is 1. The molecule has 29 heavy (non-hydrogen) atoms. The van der Waals surface area contributed by atoms with Crippen LogP contribution in [-0.2, 0) is 0 Å². The molecule has 146 valence electrons. The maximum Gasteiger partial charge on any atom is 0.255 e. The van der Waals surface area contributed by atoms with Crippen LogP contribution < -0.4 is 10.1 Å². The van der Waals surface area contributed by atoms with E-state index in [4.69, 9.17) is 20.8 Å². The molecule has 5 nitrogen and oxygen atoms in total. The van der Waals surface area contributed by atoms with Gasteiger partial charge in [-0.2, -0.15) is 0 Å². The van der Waals surface area contributed by atoms with Crippen LogP contribution in [0.25, 0.3) is 22.6 Å². The third kappa shape index (κ3) is 4.10. The number of nitrogens with one attached hydrogen (secondary N) is 1. The molecular formula is C23H19ClN2O3. The molecule has 0 aliphatic carbocycles. The lowest BCUT2D eigenvalue weighted by Gasteiger charge is -2.09. The number of aromatic nitrogens is 1. The van der Waals surface area contributed by atoms with Gasteiger partial charge >= 0.3 is 0 Å². The number of benzene rings is 3. The SMILES string of the molecule is CCOc1cccc(C(=O)Nc2ccc(Cl)c(-c3nc4cc(C)ccc4o3)c2)c1. The van der Waals surface area contributed by atoms with Gasteiger partial charge in [-0.15, -0.1) is 0 Å². The Kier molecular flexibility index (Phi) is 5.23. The normalized spacial score (nSPS) is 10.9. The van der Waals surface area contributed by atoms with Gasteiger partial charge in [0, 0.05) is 11.3 Å². The molecule has 0 unspecified atom stereocenters. The van der Waals surface area contributed by atoms with Crippen molar-refractivity contribution in [3.8, 4) is 17.2 Å². The van der Waals surface area contributed by atoms with Crippen LogP contribution in [0.2, 0.25) is 5.02 Å². The molecule has 0 atom stereocenters. The number of aryl methyl sites for hydroxylation is 1. The molecule has 4 rings (SSSR count). The number of nitrogens with zero attached hydrogens (tertiary/aromatic N) is 1. The molecule has 6 heteroatoms. The lowest BCUT2D eigenvalue weighted by molar-refractivity contribution is 0.102. The molecule has 4 aromatic rings. The Hall–Kier alpha value is -3.31. The fourth-order valence-electron chi connectivity index (χ4n) is 3.02. The minimum absolute atomic E-state index is 0.243. The highest BCUT2D eigenvalue weighted by Crippen LogP contribution is 2.32. The van der Waals surface area contributed by atoms with Gasteiger partial charge in [0.15, 0.2) is 5.58 Å². The van der Waals surface area contributed by atoms with Gasteiger partial charge in [0.1, 0.15) is 11.3 Å². The van der Waals surface area contributed by atoms with E-state index in [0.29, 0.717) is 45.7 Å². The fourth-order valence-corrected chi connectivity index (χ4v) is 3.22. The van der Waals surface area contributed by atoms with Crippen molar-refractivity contribution in [2.24, 2.45) is 0 Å². The van der Waals surface area contributed by atoms with Gasteiger partial charge in [-0.25, -0.2) is 4.98 Å². The number of hydrogen-bond acceptors (Lipinski definition) is 4. The summed E-state index contributed by atoms with van der Waals surface area (Å²) in [6, 6.07) is 18.0. The van der Waals surface area contributed by atoms with E-state index in [2.05, 4.69) is 10.3 Å². The largest absolute Gasteiger partial charge is 0.494 e.